The van der Waals surface area contributed by atoms with Crippen LogP contribution < -0.4 is 10.2 Å². The first-order valence-electron chi connectivity index (χ1n) is 10.9. The van der Waals surface area contributed by atoms with Crippen LogP contribution in [0.2, 0.25) is 0 Å². The molecule has 0 bridgehead atoms. The number of piperazine rings is 1. The molecule has 4 rings (SSSR count). The van der Waals surface area contributed by atoms with Crippen LogP contribution in [0, 0.1) is 13.8 Å². The van der Waals surface area contributed by atoms with Crippen molar-refractivity contribution in [1.29, 1.82) is 0 Å². The maximum absolute atomic E-state index is 12.8. The average molecular weight is 475 g/mol. The number of aryl methyl sites for hydroxylation is 1. The van der Waals surface area contributed by atoms with Gasteiger partial charge in [-0.25, -0.2) is 8.42 Å². The van der Waals surface area contributed by atoms with Gasteiger partial charge in [0.15, 0.2) is 5.11 Å². The third-order valence-corrected chi connectivity index (χ3v) is 8.47. The highest BCUT2D eigenvalue weighted by Gasteiger charge is 2.26. The van der Waals surface area contributed by atoms with Crippen molar-refractivity contribution < 1.29 is 13.2 Å². The van der Waals surface area contributed by atoms with Crippen LogP contribution >= 0.6 is 12.2 Å². The molecule has 2 aliphatic rings. The molecular formula is C23H30N4O3S2. The van der Waals surface area contributed by atoms with E-state index in [-0.39, 0.29) is 4.90 Å². The number of anilines is 2. The lowest BCUT2D eigenvalue weighted by Crippen LogP contribution is -2.50. The smallest absolute Gasteiger partial charge is 0.243 e. The van der Waals surface area contributed by atoms with Gasteiger partial charge in [-0.2, -0.15) is 4.31 Å². The Morgan fingerprint density at radius 3 is 2.25 bits per heavy atom. The molecule has 2 aliphatic heterocycles. The van der Waals surface area contributed by atoms with Crippen molar-refractivity contribution in [2.75, 3.05) is 62.7 Å². The van der Waals surface area contributed by atoms with E-state index in [4.69, 9.17) is 17.0 Å². The van der Waals surface area contributed by atoms with E-state index in [1.165, 1.54) is 21.1 Å². The standard InChI is InChI=1S/C23H30N4O3S2/c1-18-4-3-5-22(19(18)2)25-10-12-26(13-11-25)23(31)24-20-6-8-21(9-7-20)32(28,29)27-14-16-30-17-15-27/h3-9H,10-17H2,1-2H3,(H,24,31). The molecule has 0 atom stereocenters. The fourth-order valence-electron chi connectivity index (χ4n) is 4.08. The van der Waals surface area contributed by atoms with E-state index in [0.717, 1.165) is 31.9 Å². The van der Waals surface area contributed by atoms with Crippen LogP contribution in [-0.4, -0.2) is 75.2 Å². The summed E-state index contributed by atoms with van der Waals surface area (Å²) in [4.78, 5) is 4.86. The highest BCUT2D eigenvalue weighted by atomic mass is 32.2. The topological polar surface area (TPSA) is 65.1 Å². The minimum absolute atomic E-state index is 0.290. The van der Waals surface area contributed by atoms with Gasteiger partial charge in [-0.1, -0.05) is 12.1 Å². The molecule has 0 aromatic heterocycles. The van der Waals surface area contributed by atoms with Gasteiger partial charge in [0.2, 0.25) is 10.0 Å². The molecule has 9 heteroatoms. The Hall–Kier alpha value is -2.20. The second-order valence-electron chi connectivity index (χ2n) is 8.16. The largest absolute Gasteiger partial charge is 0.379 e. The van der Waals surface area contributed by atoms with Gasteiger partial charge >= 0.3 is 0 Å². The third kappa shape index (κ3) is 4.91. The molecule has 2 saturated heterocycles. The minimum Gasteiger partial charge on any atom is -0.379 e. The lowest BCUT2D eigenvalue weighted by molar-refractivity contribution is 0.0730. The van der Waals surface area contributed by atoms with E-state index in [1.54, 1.807) is 24.3 Å². The van der Waals surface area contributed by atoms with Gasteiger partial charge in [0, 0.05) is 50.6 Å². The number of hydrogen-bond donors (Lipinski definition) is 1. The van der Waals surface area contributed by atoms with Gasteiger partial charge in [0.1, 0.15) is 0 Å². The Labute approximate surface area is 196 Å². The maximum atomic E-state index is 12.8. The number of thiocarbonyl (C=S) groups is 1. The lowest BCUT2D eigenvalue weighted by atomic mass is 10.1. The Kier molecular flexibility index (Phi) is 6.99. The normalized spacial score (nSPS) is 17.9. The quantitative estimate of drug-likeness (QED) is 0.684. The average Bonchev–Trinajstić information content (AvgIpc) is 2.82. The van der Waals surface area contributed by atoms with Gasteiger partial charge in [0.25, 0.3) is 0 Å². The third-order valence-electron chi connectivity index (χ3n) is 6.20. The van der Waals surface area contributed by atoms with Gasteiger partial charge in [-0.15, -0.1) is 0 Å². The molecule has 2 aromatic rings. The van der Waals surface area contributed by atoms with E-state index >= 15 is 0 Å². The predicted octanol–water partition coefficient (Wildman–Crippen LogP) is 2.84. The molecule has 32 heavy (non-hydrogen) atoms. The summed E-state index contributed by atoms with van der Waals surface area (Å²) in [5.41, 5.74) is 4.71. The van der Waals surface area contributed by atoms with E-state index in [0.29, 0.717) is 31.4 Å². The summed E-state index contributed by atoms with van der Waals surface area (Å²) < 4.78 is 32.3. The van der Waals surface area contributed by atoms with Crippen molar-refractivity contribution in [3.63, 3.8) is 0 Å². The second-order valence-corrected chi connectivity index (χ2v) is 10.5. The van der Waals surface area contributed by atoms with E-state index in [1.807, 2.05) is 0 Å². The van der Waals surface area contributed by atoms with Crippen LogP contribution in [0.4, 0.5) is 11.4 Å². The Bertz CT molecular complexity index is 1060. The number of rotatable bonds is 4. The summed E-state index contributed by atoms with van der Waals surface area (Å²) in [7, 11) is -3.49. The van der Waals surface area contributed by atoms with Gasteiger partial charge in [-0.05, 0) is 67.5 Å². The predicted molar refractivity (Wildman–Crippen MR) is 132 cm³/mol. The van der Waals surface area contributed by atoms with E-state index < -0.39 is 10.0 Å². The van der Waals surface area contributed by atoms with E-state index in [2.05, 4.69) is 47.2 Å². The summed E-state index contributed by atoms with van der Waals surface area (Å²) in [5.74, 6) is 0. The lowest BCUT2D eigenvalue weighted by Gasteiger charge is -2.38. The van der Waals surface area contributed by atoms with Gasteiger partial charge in [0.05, 0.1) is 18.1 Å². The molecule has 2 heterocycles. The van der Waals surface area contributed by atoms with Crippen molar-refractivity contribution >= 4 is 38.7 Å². The van der Waals surface area contributed by atoms with Crippen molar-refractivity contribution in [1.82, 2.24) is 9.21 Å². The first kappa shape index (κ1) is 23.0. The summed E-state index contributed by atoms with van der Waals surface area (Å²) in [6, 6.07) is 13.2. The number of nitrogens with zero attached hydrogens (tertiary/aromatic N) is 3. The summed E-state index contributed by atoms with van der Waals surface area (Å²) in [5, 5.41) is 3.92. The van der Waals surface area contributed by atoms with Crippen molar-refractivity contribution in [2.24, 2.45) is 0 Å². The fourth-order valence-corrected chi connectivity index (χ4v) is 5.79. The molecule has 0 amide bonds. The monoisotopic (exact) mass is 474 g/mol. The number of sulfonamides is 1. The van der Waals surface area contributed by atoms with Gasteiger partial charge < -0.3 is 19.9 Å². The van der Waals surface area contributed by atoms with Crippen molar-refractivity contribution in [3.8, 4) is 0 Å². The molecule has 1 N–H and O–H groups in total. The number of nitrogens with one attached hydrogen (secondary N) is 1. The van der Waals surface area contributed by atoms with Crippen molar-refractivity contribution in [3.05, 3.63) is 53.6 Å². The van der Waals surface area contributed by atoms with Crippen LogP contribution in [0.5, 0.6) is 0 Å². The first-order chi connectivity index (χ1) is 15.4. The molecule has 2 aromatic carbocycles. The SMILES string of the molecule is Cc1cccc(N2CCN(C(=S)Nc3ccc(S(=O)(=O)N4CCOCC4)cc3)CC2)c1C. The number of morpholine rings is 1. The summed E-state index contributed by atoms with van der Waals surface area (Å²) >= 11 is 5.62. The van der Waals surface area contributed by atoms with E-state index in [9.17, 15) is 8.42 Å². The maximum Gasteiger partial charge on any atom is 0.243 e. The molecule has 7 nitrogen and oxygen atoms in total. The first-order valence-corrected chi connectivity index (χ1v) is 12.8. The van der Waals surface area contributed by atoms with Crippen LogP contribution in [0.25, 0.3) is 0 Å². The summed E-state index contributed by atoms with van der Waals surface area (Å²) in [6.45, 7) is 9.45. The molecule has 172 valence electrons. The zero-order valence-electron chi connectivity index (χ0n) is 18.6. The molecule has 0 saturated carbocycles. The van der Waals surface area contributed by atoms with Crippen LogP contribution in [0.1, 0.15) is 11.1 Å². The van der Waals surface area contributed by atoms with Crippen molar-refractivity contribution in [2.45, 2.75) is 18.7 Å². The van der Waals surface area contributed by atoms with Crippen LogP contribution in [-0.2, 0) is 14.8 Å². The molecule has 0 aliphatic carbocycles. The molecule has 2 fully saturated rings. The zero-order valence-corrected chi connectivity index (χ0v) is 20.2. The van der Waals surface area contributed by atoms with Gasteiger partial charge in [-0.3, -0.25) is 0 Å². The highest BCUT2D eigenvalue weighted by Crippen LogP contribution is 2.24. The Morgan fingerprint density at radius 2 is 1.59 bits per heavy atom. The summed E-state index contributed by atoms with van der Waals surface area (Å²) in [6.07, 6.45) is 0. The molecule has 0 radical (unpaired) electrons. The fraction of sp³-hybridized carbons (Fsp3) is 0.435. The number of hydrogen-bond acceptors (Lipinski definition) is 5. The molecular weight excluding hydrogens is 444 g/mol. The van der Waals surface area contributed by atoms with Crippen LogP contribution in [0.15, 0.2) is 47.4 Å². The zero-order chi connectivity index (χ0) is 22.7. The Morgan fingerprint density at radius 1 is 0.938 bits per heavy atom. The van der Waals surface area contributed by atoms with Crippen LogP contribution in [0.3, 0.4) is 0 Å². The number of ether oxygens (including phenoxy) is 1. The molecule has 0 spiro atoms. The minimum atomic E-state index is -3.49. The second kappa shape index (κ2) is 9.74. The Balaban J connectivity index is 1.34. The highest BCUT2D eigenvalue weighted by molar-refractivity contribution is 7.89. The number of benzene rings is 2. The molecule has 0 unspecified atom stereocenters.